The average molecular weight is 251 g/mol. The van der Waals surface area contributed by atoms with Crippen LogP contribution in [-0.2, 0) is 9.47 Å². The normalized spacial score (nSPS) is 32.5. The van der Waals surface area contributed by atoms with E-state index < -0.39 is 6.61 Å². The fourth-order valence-electron chi connectivity index (χ4n) is 2.97. The maximum Gasteiger partial charge on any atom is 0.345 e. The molecule has 2 saturated heterocycles. The molecule has 0 amide bonds. The van der Waals surface area contributed by atoms with Gasteiger partial charge in [0.2, 0.25) is 0 Å². The van der Waals surface area contributed by atoms with Crippen LogP contribution in [0.3, 0.4) is 0 Å². The zero-order valence-electron chi connectivity index (χ0n) is 10.9. The second-order valence-corrected chi connectivity index (χ2v) is 4.43. The molecule has 17 heavy (non-hydrogen) atoms. The van der Waals surface area contributed by atoms with E-state index >= 15 is 0 Å². The van der Waals surface area contributed by atoms with E-state index in [0.29, 0.717) is 19.6 Å². The first-order valence-corrected chi connectivity index (χ1v) is 6.34. The number of halogens is 2. The Balaban J connectivity index is 0.000000686. The van der Waals surface area contributed by atoms with Gasteiger partial charge in [-0.1, -0.05) is 13.8 Å². The van der Waals surface area contributed by atoms with Crippen LogP contribution in [0, 0.1) is 0 Å². The van der Waals surface area contributed by atoms with Crippen molar-refractivity contribution in [3.8, 4) is 0 Å². The van der Waals surface area contributed by atoms with Gasteiger partial charge in [-0.05, 0) is 25.8 Å². The van der Waals surface area contributed by atoms with Gasteiger partial charge < -0.3 is 9.47 Å². The summed E-state index contributed by atoms with van der Waals surface area (Å²) in [6.45, 7) is 3.56. The topological polar surface area (TPSA) is 21.7 Å². The van der Waals surface area contributed by atoms with Crippen molar-refractivity contribution in [3.63, 3.8) is 0 Å². The van der Waals surface area contributed by atoms with Crippen LogP contribution in [0.5, 0.6) is 0 Å². The fraction of sp³-hybridized carbons (Fsp3) is 1.00. The first-order chi connectivity index (χ1) is 8.16. The minimum absolute atomic E-state index is 0.0334. The van der Waals surface area contributed by atoms with Crippen molar-refractivity contribution in [2.75, 3.05) is 26.8 Å². The fourth-order valence-corrected chi connectivity index (χ4v) is 2.97. The SMILES string of the molecule is CC.COC[C@@]12CCCN1CC(OC(F)F)C2. The zero-order valence-corrected chi connectivity index (χ0v) is 10.9. The molecule has 102 valence electrons. The molecule has 2 aliphatic rings. The molecule has 3 nitrogen and oxygen atoms in total. The van der Waals surface area contributed by atoms with Crippen LogP contribution in [0.25, 0.3) is 0 Å². The maximum absolute atomic E-state index is 12.1. The lowest BCUT2D eigenvalue weighted by molar-refractivity contribution is -0.159. The van der Waals surface area contributed by atoms with Crippen LogP contribution in [0.2, 0.25) is 0 Å². The number of hydrogen-bond acceptors (Lipinski definition) is 3. The Morgan fingerprint density at radius 1 is 1.41 bits per heavy atom. The van der Waals surface area contributed by atoms with Crippen LogP contribution in [0.4, 0.5) is 8.78 Å². The van der Waals surface area contributed by atoms with Crippen LogP contribution in [-0.4, -0.2) is 50.0 Å². The van der Waals surface area contributed by atoms with Crippen molar-refractivity contribution in [1.82, 2.24) is 4.90 Å². The largest absolute Gasteiger partial charge is 0.383 e. The Morgan fingerprint density at radius 3 is 2.71 bits per heavy atom. The predicted molar refractivity (Wildman–Crippen MR) is 62.3 cm³/mol. The summed E-state index contributed by atoms with van der Waals surface area (Å²) in [5.74, 6) is 0. The smallest absolute Gasteiger partial charge is 0.345 e. The summed E-state index contributed by atoms with van der Waals surface area (Å²) < 4.78 is 34.0. The van der Waals surface area contributed by atoms with Gasteiger partial charge in [0.05, 0.1) is 12.7 Å². The lowest BCUT2D eigenvalue weighted by Crippen LogP contribution is -2.42. The molecule has 2 heterocycles. The number of hydrogen-bond donors (Lipinski definition) is 0. The van der Waals surface area contributed by atoms with Crippen LogP contribution >= 0.6 is 0 Å². The second kappa shape index (κ2) is 6.61. The first kappa shape index (κ1) is 14.8. The quantitative estimate of drug-likeness (QED) is 0.766. The van der Waals surface area contributed by atoms with Crippen LogP contribution < -0.4 is 0 Å². The van der Waals surface area contributed by atoms with Gasteiger partial charge in [0.1, 0.15) is 0 Å². The highest BCUT2D eigenvalue weighted by molar-refractivity contribution is 5.03. The summed E-state index contributed by atoms with van der Waals surface area (Å²) in [4.78, 5) is 2.24. The number of rotatable bonds is 4. The average Bonchev–Trinajstić information content (AvgIpc) is 2.76. The number of fused-ring (bicyclic) bond motifs is 1. The van der Waals surface area contributed by atoms with E-state index in [-0.39, 0.29) is 11.6 Å². The zero-order chi connectivity index (χ0) is 12.9. The Labute approximate surface area is 102 Å². The van der Waals surface area contributed by atoms with Gasteiger partial charge >= 0.3 is 6.61 Å². The Hall–Kier alpha value is -0.260. The van der Waals surface area contributed by atoms with Crippen molar-refractivity contribution in [1.29, 1.82) is 0 Å². The number of nitrogens with zero attached hydrogens (tertiary/aromatic N) is 1. The monoisotopic (exact) mass is 251 g/mol. The van der Waals surface area contributed by atoms with Gasteiger partial charge in [-0.25, -0.2) is 0 Å². The van der Waals surface area contributed by atoms with E-state index in [4.69, 9.17) is 4.74 Å². The molecule has 2 aliphatic heterocycles. The second-order valence-electron chi connectivity index (χ2n) is 4.43. The molecule has 0 aromatic carbocycles. The molecule has 0 aliphatic carbocycles. The van der Waals surface area contributed by atoms with E-state index in [0.717, 1.165) is 19.4 Å². The number of methoxy groups -OCH3 is 1. The Bertz CT molecular complexity index is 229. The molecule has 0 N–H and O–H groups in total. The van der Waals surface area contributed by atoms with Gasteiger partial charge in [-0.2, -0.15) is 8.78 Å². The minimum Gasteiger partial charge on any atom is -0.383 e. The van der Waals surface area contributed by atoms with Gasteiger partial charge in [-0.3, -0.25) is 4.90 Å². The lowest BCUT2D eigenvalue weighted by atomic mass is 9.94. The third-order valence-corrected chi connectivity index (χ3v) is 3.48. The molecule has 0 saturated carbocycles. The molecular weight excluding hydrogens is 228 g/mol. The highest BCUT2D eigenvalue weighted by atomic mass is 19.3. The highest BCUT2D eigenvalue weighted by Gasteiger charge is 2.49. The van der Waals surface area contributed by atoms with Crippen molar-refractivity contribution in [3.05, 3.63) is 0 Å². The summed E-state index contributed by atoms with van der Waals surface area (Å²) in [6.07, 6.45) is 2.50. The third kappa shape index (κ3) is 3.36. The van der Waals surface area contributed by atoms with E-state index in [1.165, 1.54) is 0 Å². The summed E-state index contributed by atoms with van der Waals surface area (Å²) in [5.41, 5.74) is -0.0334. The molecule has 0 aromatic heterocycles. The van der Waals surface area contributed by atoms with E-state index in [2.05, 4.69) is 9.64 Å². The molecular formula is C12H23F2NO2. The maximum atomic E-state index is 12.1. The highest BCUT2D eigenvalue weighted by Crippen LogP contribution is 2.40. The molecule has 5 heteroatoms. The van der Waals surface area contributed by atoms with Crippen molar-refractivity contribution >= 4 is 0 Å². The summed E-state index contributed by atoms with van der Waals surface area (Å²) in [6, 6.07) is 0. The molecule has 2 fully saturated rings. The van der Waals surface area contributed by atoms with Crippen LogP contribution in [0.1, 0.15) is 33.1 Å². The summed E-state index contributed by atoms with van der Waals surface area (Å²) >= 11 is 0. The van der Waals surface area contributed by atoms with Crippen molar-refractivity contribution in [2.24, 2.45) is 0 Å². The third-order valence-electron chi connectivity index (χ3n) is 3.48. The van der Waals surface area contributed by atoms with Crippen molar-refractivity contribution < 1.29 is 18.3 Å². The molecule has 2 atom stereocenters. The standard InChI is InChI=1S/C10H17F2NO2.C2H6/c1-14-7-10-3-2-4-13(10)6-8(5-10)15-9(11)12;1-2/h8-9H,2-7H2,1H3;1-2H3/t8?,10-;/m0./s1. The minimum atomic E-state index is -2.66. The predicted octanol–water partition coefficient (Wildman–Crippen LogP) is 2.51. The van der Waals surface area contributed by atoms with Crippen molar-refractivity contribution in [2.45, 2.75) is 51.4 Å². The summed E-state index contributed by atoms with van der Waals surface area (Å²) in [5, 5.41) is 0. The Kier molecular flexibility index (Phi) is 5.76. The van der Waals surface area contributed by atoms with Gasteiger partial charge in [0, 0.05) is 19.2 Å². The van der Waals surface area contributed by atoms with Gasteiger partial charge in [0.25, 0.3) is 0 Å². The van der Waals surface area contributed by atoms with E-state index in [9.17, 15) is 8.78 Å². The van der Waals surface area contributed by atoms with Crippen LogP contribution in [0.15, 0.2) is 0 Å². The molecule has 0 spiro atoms. The Morgan fingerprint density at radius 2 is 2.12 bits per heavy atom. The first-order valence-electron chi connectivity index (χ1n) is 6.34. The lowest BCUT2D eigenvalue weighted by Gasteiger charge is -2.30. The molecule has 0 radical (unpaired) electrons. The van der Waals surface area contributed by atoms with Gasteiger partial charge in [-0.15, -0.1) is 0 Å². The van der Waals surface area contributed by atoms with E-state index in [1.807, 2.05) is 13.8 Å². The number of alkyl halides is 2. The molecule has 2 rings (SSSR count). The molecule has 0 aromatic rings. The molecule has 0 bridgehead atoms. The molecule has 1 unspecified atom stereocenters. The van der Waals surface area contributed by atoms with Gasteiger partial charge in [0.15, 0.2) is 0 Å². The summed E-state index contributed by atoms with van der Waals surface area (Å²) in [7, 11) is 1.66. The number of ether oxygens (including phenoxy) is 2. The van der Waals surface area contributed by atoms with E-state index in [1.54, 1.807) is 7.11 Å².